The van der Waals surface area contributed by atoms with Crippen LogP contribution in [-0.4, -0.2) is 36.0 Å². The van der Waals surface area contributed by atoms with Crippen LogP contribution in [0.3, 0.4) is 0 Å². The summed E-state index contributed by atoms with van der Waals surface area (Å²) in [7, 11) is -4.62. The van der Waals surface area contributed by atoms with Crippen molar-refractivity contribution >= 4 is 32.2 Å². The molecule has 0 aromatic carbocycles. The molecule has 1 rings (SSSR count). The molecule has 0 spiro atoms. The molecule has 23 heavy (non-hydrogen) atoms. The van der Waals surface area contributed by atoms with Crippen LogP contribution >= 0.6 is 15.9 Å². The summed E-state index contributed by atoms with van der Waals surface area (Å²) < 4.78 is 47.8. The average molecular weight is 413 g/mol. The molecule has 0 saturated carbocycles. The summed E-state index contributed by atoms with van der Waals surface area (Å²) in [6.07, 6.45) is 2.83. The van der Waals surface area contributed by atoms with Gasteiger partial charge in [0.15, 0.2) is 0 Å². The Labute approximate surface area is 142 Å². The molecule has 0 aliphatic carbocycles. The van der Waals surface area contributed by atoms with Gasteiger partial charge in [0.2, 0.25) is 0 Å². The van der Waals surface area contributed by atoms with Crippen molar-refractivity contribution in [3.8, 4) is 0 Å². The van der Waals surface area contributed by atoms with Crippen LogP contribution in [0.4, 0.5) is 4.39 Å². The number of halogens is 2. The average Bonchev–Trinajstić information content (AvgIpc) is 2.42. The van der Waals surface area contributed by atoms with Gasteiger partial charge in [0.05, 0.1) is 22.8 Å². The van der Waals surface area contributed by atoms with E-state index in [4.69, 9.17) is 4.55 Å². The fourth-order valence-electron chi connectivity index (χ4n) is 1.86. The third kappa shape index (κ3) is 6.90. The Morgan fingerprint density at radius 3 is 2.74 bits per heavy atom. The molecule has 1 aromatic heterocycles. The van der Waals surface area contributed by atoms with Crippen molar-refractivity contribution in [1.82, 2.24) is 10.3 Å². The number of aromatic nitrogens is 1. The smallest absolute Gasteiger partial charge is 0.343 e. The number of nitrogens with zero attached hydrogens (tertiary/aromatic N) is 1. The largest absolute Gasteiger partial charge is 0.397 e. The van der Waals surface area contributed by atoms with Crippen molar-refractivity contribution < 1.29 is 26.3 Å². The number of amides is 1. The second-order valence-corrected chi connectivity index (χ2v) is 7.24. The Kier molecular flexibility index (Phi) is 7.05. The zero-order valence-electron chi connectivity index (χ0n) is 12.7. The summed E-state index contributed by atoms with van der Waals surface area (Å²) in [6.45, 7) is 3.09. The predicted octanol–water partition coefficient (Wildman–Crippen LogP) is 2.48. The van der Waals surface area contributed by atoms with Crippen LogP contribution in [0.15, 0.2) is 16.7 Å². The molecule has 1 aromatic rings. The highest BCUT2D eigenvalue weighted by Crippen LogP contribution is 2.19. The lowest BCUT2D eigenvalue weighted by Crippen LogP contribution is -2.50. The number of rotatable bonds is 8. The fourth-order valence-corrected chi connectivity index (χ4v) is 2.77. The molecule has 1 atom stereocenters. The molecule has 10 heteroatoms. The van der Waals surface area contributed by atoms with E-state index in [0.29, 0.717) is 12.8 Å². The Balaban J connectivity index is 2.92. The normalized spacial score (nSPS) is 14.3. The van der Waals surface area contributed by atoms with E-state index >= 15 is 0 Å². The molecular weight excluding hydrogens is 395 g/mol. The molecule has 7 nitrogen and oxygen atoms in total. The molecule has 0 bridgehead atoms. The van der Waals surface area contributed by atoms with Gasteiger partial charge in [0.1, 0.15) is 11.5 Å². The number of carbonyl (C=O) groups excluding carboxylic acids is 1. The Bertz CT molecular complexity index is 670. The van der Waals surface area contributed by atoms with Crippen LogP contribution in [0.25, 0.3) is 0 Å². The zero-order chi connectivity index (χ0) is 17.7. The van der Waals surface area contributed by atoms with Gasteiger partial charge in [-0.25, -0.2) is 13.6 Å². The van der Waals surface area contributed by atoms with E-state index in [-0.39, 0.29) is 10.2 Å². The second kappa shape index (κ2) is 8.13. The first kappa shape index (κ1) is 19.9. The standard InChI is InChI=1S/C13H18BrFN2O5S/c1-3-4-5-13(2,8-22-23(19,20)21)17-12(18)11-10(14)6-9(15)7-16-11/h6-7H,3-5,8H2,1-2H3,(H,17,18)(H,19,20,21)/t13-/m1/s1. The molecular formula is C13H18BrFN2O5S. The van der Waals surface area contributed by atoms with E-state index in [2.05, 4.69) is 30.4 Å². The minimum absolute atomic E-state index is 0.0408. The fraction of sp³-hybridized carbons (Fsp3) is 0.538. The summed E-state index contributed by atoms with van der Waals surface area (Å²) in [6, 6.07) is 1.10. The molecule has 0 aliphatic rings. The number of hydrogen-bond acceptors (Lipinski definition) is 5. The van der Waals surface area contributed by atoms with Crippen molar-refractivity contribution in [3.05, 3.63) is 28.2 Å². The Hall–Kier alpha value is -1.10. The third-order valence-electron chi connectivity index (χ3n) is 3.05. The van der Waals surface area contributed by atoms with Gasteiger partial charge in [-0.05, 0) is 35.3 Å². The van der Waals surface area contributed by atoms with Crippen LogP contribution < -0.4 is 5.32 Å². The monoisotopic (exact) mass is 412 g/mol. The first-order valence-electron chi connectivity index (χ1n) is 6.82. The summed E-state index contributed by atoms with van der Waals surface area (Å²) in [5.74, 6) is -1.22. The minimum atomic E-state index is -4.62. The number of pyridine rings is 1. The van der Waals surface area contributed by atoms with E-state index in [1.54, 1.807) is 6.92 Å². The van der Waals surface area contributed by atoms with E-state index in [1.807, 2.05) is 6.92 Å². The van der Waals surface area contributed by atoms with Crippen LogP contribution in [0.1, 0.15) is 43.6 Å². The third-order valence-corrected chi connectivity index (χ3v) is 4.07. The van der Waals surface area contributed by atoms with Crippen LogP contribution in [0, 0.1) is 5.82 Å². The number of nitrogens with one attached hydrogen (secondary N) is 1. The van der Waals surface area contributed by atoms with Crippen LogP contribution in [0.2, 0.25) is 0 Å². The van der Waals surface area contributed by atoms with Crippen molar-refractivity contribution in [3.63, 3.8) is 0 Å². The van der Waals surface area contributed by atoms with E-state index in [9.17, 15) is 17.6 Å². The van der Waals surface area contributed by atoms with Gasteiger partial charge in [-0.3, -0.25) is 9.35 Å². The summed E-state index contributed by atoms with van der Waals surface area (Å²) in [5.41, 5.74) is -1.08. The first-order chi connectivity index (χ1) is 10.6. The number of carbonyl (C=O) groups is 1. The zero-order valence-corrected chi connectivity index (χ0v) is 15.1. The summed E-state index contributed by atoms with van der Waals surface area (Å²) in [5, 5.41) is 2.62. The van der Waals surface area contributed by atoms with Gasteiger partial charge < -0.3 is 5.32 Å². The summed E-state index contributed by atoms with van der Waals surface area (Å²) in [4.78, 5) is 16.0. The lowest BCUT2D eigenvalue weighted by Gasteiger charge is -2.30. The second-order valence-electron chi connectivity index (χ2n) is 5.29. The molecule has 2 N–H and O–H groups in total. The van der Waals surface area contributed by atoms with Gasteiger partial charge in [-0.2, -0.15) is 8.42 Å². The van der Waals surface area contributed by atoms with Crippen LogP contribution in [0.5, 0.6) is 0 Å². The maximum Gasteiger partial charge on any atom is 0.397 e. The SMILES string of the molecule is CCCC[C@](C)(COS(=O)(=O)O)NC(=O)c1ncc(F)cc1Br. The molecule has 0 saturated heterocycles. The molecule has 1 amide bonds. The Morgan fingerprint density at radius 1 is 1.57 bits per heavy atom. The van der Waals surface area contributed by atoms with Gasteiger partial charge in [0.25, 0.3) is 5.91 Å². The van der Waals surface area contributed by atoms with Crippen molar-refractivity contribution in [2.24, 2.45) is 0 Å². The maximum atomic E-state index is 13.0. The van der Waals surface area contributed by atoms with E-state index in [1.165, 1.54) is 0 Å². The number of hydrogen-bond donors (Lipinski definition) is 2. The molecule has 0 radical (unpaired) electrons. The summed E-state index contributed by atoms with van der Waals surface area (Å²) >= 11 is 3.05. The molecule has 0 aliphatic heterocycles. The highest BCUT2D eigenvalue weighted by molar-refractivity contribution is 9.10. The lowest BCUT2D eigenvalue weighted by molar-refractivity contribution is 0.0843. The van der Waals surface area contributed by atoms with Crippen molar-refractivity contribution in [2.75, 3.05) is 6.61 Å². The minimum Gasteiger partial charge on any atom is -0.343 e. The predicted molar refractivity (Wildman–Crippen MR) is 84.8 cm³/mol. The van der Waals surface area contributed by atoms with Gasteiger partial charge >= 0.3 is 10.4 Å². The molecule has 0 fully saturated rings. The van der Waals surface area contributed by atoms with Gasteiger partial charge in [-0.15, -0.1) is 0 Å². The van der Waals surface area contributed by atoms with E-state index < -0.39 is 34.3 Å². The lowest BCUT2D eigenvalue weighted by atomic mass is 9.95. The topological polar surface area (TPSA) is 106 Å². The van der Waals surface area contributed by atoms with Crippen molar-refractivity contribution in [1.29, 1.82) is 0 Å². The number of unbranched alkanes of at least 4 members (excludes halogenated alkanes) is 1. The Morgan fingerprint density at radius 2 is 2.22 bits per heavy atom. The highest BCUT2D eigenvalue weighted by atomic mass is 79.9. The van der Waals surface area contributed by atoms with Gasteiger partial charge in [0, 0.05) is 0 Å². The quantitative estimate of drug-likeness (QED) is 0.635. The van der Waals surface area contributed by atoms with Crippen molar-refractivity contribution in [2.45, 2.75) is 38.6 Å². The van der Waals surface area contributed by atoms with Crippen LogP contribution in [-0.2, 0) is 14.6 Å². The maximum absolute atomic E-state index is 13.0. The van der Waals surface area contributed by atoms with E-state index in [0.717, 1.165) is 18.7 Å². The molecule has 0 unspecified atom stereocenters. The van der Waals surface area contributed by atoms with Gasteiger partial charge in [-0.1, -0.05) is 19.8 Å². The highest BCUT2D eigenvalue weighted by Gasteiger charge is 2.30. The first-order valence-corrected chi connectivity index (χ1v) is 8.97. The molecule has 130 valence electrons. The molecule has 1 heterocycles.